The van der Waals surface area contributed by atoms with Crippen LogP contribution >= 0.6 is 0 Å². The predicted octanol–water partition coefficient (Wildman–Crippen LogP) is 2.78. The predicted molar refractivity (Wildman–Crippen MR) is 85.7 cm³/mol. The van der Waals surface area contributed by atoms with Crippen LogP contribution in [0.25, 0.3) is 0 Å². The lowest BCUT2D eigenvalue weighted by molar-refractivity contribution is 0.464. The van der Waals surface area contributed by atoms with E-state index in [-0.39, 0.29) is 6.04 Å². The number of benzene rings is 1. The highest BCUT2D eigenvalue weighted by molar-refractivity contribution is 7.89. The molecule has 1 aliphatic rings. The van der Waals surface area contributed by atoms with E-state index in [0.717, 1.165) is 24.9 Å². The number of nitrogens with one attached hydrogen (secondary N) is 1. The highest BCUT2D eigenvalue weighted by Crippen LogP contribution is 2.25. The van der Waals surface area contributed by atoms with Crippen molar-refractivity contribution in [1.29, 1.82) is 0 Å². The Kier molecular flexibility index (Phi) is 5.41. The van der Waals surface area contributed by atoms with E-state index in [4.69, 9.17) is 0 Å². The third kappa shape index (κ3) is 3.84. The molecule has 5 heteroatoms. The van der Waals surface area contributed by atoms with E-state index < -0.39 is 10.0 Å². The van der Waals surface area contributed by atoms with Crippen molar-refractivity contribution in [2.45, 2.75) is 44.6 Å². The van der Waals surface area contributed by atoms with Crippen LogP contribution in [0.5, 0.6) is 0 Å². The summed E-state index contributed by atoms with van der Waals surface area (Å²) >= 11 is 0. The van der Waals surface area contributed by atoms with Gasteiger partial charge >= 0.3 is 0 Å². The van der Waals surface area contributed by atoms with Gasteiger partial charge in [0.05, 0.1) is 4.90 Å². The number of nitrogens with zero attached hydrogens (tertiary/aromatic N) is 1. The molecule has 0 bridgehead atoms. The lowest BCUT2D eigenvalue weighted by Gasteiger charge is -2.18. The molecular weight excluding hydrogens is 284 g/mol. The molecule has 2 unspecified atom stereocenters. The summed E-state index contributed by atoms with van der Waals surface area (Å²) in [5.74, 6) is 0.452. The first kappa shape index (κ1) is 16.5. The highest BCUT2D eigenvalue weighted by atomic mass is 32.2. The second-order valence-electron chi connectivity index (χ2n) is 6.01. The normalized spacial score (nSPS) is 21.6. The summed E-state index contributed by atoms with van der Waals surface area (Å²) in [4.78, 5) is 0.416. The molecule has 1 aromatic rings. The zero-order valence-electron chi connectivity index (χ0n) is 13.2. The Morgan fingerprint density at radius 1 is 1.43 bits per heavy atom. The molecule has 0 aromatic heterocycles. The van der Waals surface area contributed by atoms with Gasteiger partial charge in [0, 0.05) is 19.1 Å². The molecule has 118 valence electrons. The van der Waals surface area contributed by atoms with Gasteiger partial charge in [-0.15, -0.1) is 0 Å². The number of sulfonamides is 1. The summed E-state index contributed by atoms with van der Waals surface area (Å²) in [5, 5.41) is 3.40. The first-order valence-corrected chi connectivity index (χ1v) is 9.22. The molecule has 2 atom stereocenters. The Morgan fingerprint density at radius 2 is 2.19 bits per heavy atom. The van der Waals surface area contributed by atoms with E-state index in [1.165, 1.54) is 0 Å². The van der Waals surface area contributed by atoms with Crippen LogP contribution in [0.3, 0.4) is 0 Å². The Bertz CT molecular complexity index is 571. The fourth-order valence-corrected chi connectivity index (χ4v) is 4.32. The van der Waals surface area contributed by atoms with Crippen molar-refractivity contribution >= 4 is 10.0 Å². The van der Waals surface area contributed by atoms with Crippen LogP contribution in [0.2, 0.25) is 0 Å². The van der Waals surface area contributed by atoms with Crippen LogP contribution < -0.4 is 5.32 Å². The second kappa shape index (κ2) is 6.90. The maximum absolute atomic E-state index is 12.7. The van der Waals surface area contributed by atoms with Gasteiger partial charge in [0.15, 0.2) is 0 Å². The van der Waals surface area contributed by atoms with Crippen molar-refractivity contribution in [3.05, 3.63) is 29.8 Å². The molecule has 1 aliphatic heterocycles. The smallest absolute Gasteiger partial charge is 0.243 e. The minimum Gasteiger partial charge on any atom is -0.310 e. The first-order valence-electron chi connectivity index (χ1n) is 7.78. The van der Waals surface area contributed by atoms with Crippen molar-refractivity contribution in [1.82, 2.24) is 9.62 Å². The van der Waals surface area contributed by atoms with E-state index in [1.807, 2.05) is 18.2 Å². The summed E-state index contributed by atoms with van der Waals surface area (Å²) in [6.45, 7) is 8.49. The standard InChI is InChI=1S/C16H26N2O2S/c1-4-9-17-14(3)15-6-5-7-16(11-15)21(19,20)18-10-8-13(2)12-18/h5-7,11,13-14,17H,4,8-10,12H2,1-3H3. The Balaban J connectivity index is 2.20. The van der Waals surface area contributed by atoms with Gasteiger partial charge in [-0.2, -0.15) is 4.31 Å². The molecule has 1 saturated heterocycles. The monoisotopic (exact) mass is 310 g/mol. The zero-order chi connectivity index (χ0) is 15.5. The van der Waals surface area contributed by atoms with Crippen LogP contribution in [-0.4, -0.2) is 32.4 Å². The average Bonchev–Trinajstić information content (AvgIpc) is 2.92. The van der Waals surface area contributed by atoms with E-state index in [0.29, 0.717) is 23.9 Å². The van der Waals surface area contributed by atoms with Gasteiger partial charge < -0.3 is 5.32 Å². The fraction of sp³-hybridized carbons (Fsp3) is 0.625. The molecule has 1 fully saturated rings. The zero-order valence-corrected chi connectivity index (χ0v) is 14.0. The van der Waals surface area contributed by atoms with Gasteiger partial charge in [-0.05, 0) is 49.9 Å². The topological polar surface area (TPSA) is 49.4 Å². The van der Waals surface area contributed by atoms with Crippen LogP contribution in [0.15, 0.2) is 29.2 Å². The number of hydrogen-bond donors (Lipinski definition) is 1. The van der Waals surface area contributed by atoms with E-state index >= 15 is 0 Å². The van der Waals surface area contributed by atoms with Gasteiger partial charge in [-0.25, -0.2) is 8.42 Å². The highest BCUT2D eigenvalue weighted by Gasteiger charge is 2.30. The molecule has 0 saturated carbocycles. The SMILES string of the molecule is CCCNC(C)c1cccc(S(=O)(=O)N2CCC(C)C2)c1. The Morgan fingerprint density at radius 3 is 2.81 bits per heavy atom. The maximum atomic E-state index is 12.7. The molecule has 0 radical (unpaired) electrons. The van der Waals surface area contributed by atoms with Gasteiger partial charge in [-0.3, -0.25) is 0 Å². The molecule has 0 spiro atoms. The van der Waals surface area contributed by atoms with Crippen molar-refractivity contribution in [3.8, 4) is 0 Å². The molecule has 2 rings (SSSR count). The minimum absolute atomic E-state index is 0.164. The van der Waals surface area contributed by atoms with Crippen molar-refractivity contribution in [3.63, 3.8) is 0 Å². The summed E-state index contributed by atoms with van der Waals surface area (Å²) in [7, 11) is -3.34. The quantitative estimate of drug-likeness (QED) is 0.879. The third-order valence-corrected chi connectivity index (χ3v) is 5.94. The maximum Gasteiger partial charge on any atom is 0.243 e. The van der Waals surface area contributed by atoms with Crippen LogP contribution in [0.4, 0.5) is 0 Å². The van der Waals surface area contributed by atoms with Crippen LogP contribution in [0, 0.1) is 5.92 Å². The average molecular weight is 310 g/mol. The molecule has 1 heterocycles. The van der Waals surface area contributed by atoms with Gasteiger partial charge in [-0.1, -0.05) is 26.0 Å². The lowest BCUT2D eigenvalue weighted by atomic mass is 10.1. The molecular formula is C16H26N2O2S. The van der Waals surface area contributed by atoms with E-state index in [2.05, 4.69) is 26.1 Å². The van der Waals surface area contributed by atoms with Crippen molar-refractivity contribution in [2.24, 2.45) is 5.92 Å². The molecule has 21 heavy (non-hydrogen) atoms. The van der Waals surface area contributed by atoms with Gasteiger partial charge in [0.2, 0.25) is 10.0 Å². The lowest BCUT2D eigenvalue weighted by Crippen LogP contribution is -2.29. The summed E-state index contributed by atoms with van der Waals surface area (Å²) in [6, 6.07) is 7.50. The molecule has 4 nitrogen and oxygen atoms in total. The number of hydrogen-bond acceptors (Lipinski definition) is 3. The molecule has 1 aromatic carbocycles. The summed E-state index contributed by atoms with van der Waals surface area (Å²) in [5.41, 5.74) is 1.02. The largest absolute Gasteiger partial charge is 0.310 e. The van der Waals surface area contributed by atoms with E-state index in [1.54, 1.807) is 10.4 Å². The first-order chi connectivity index (χ1) is 9.95. The van der Waals surface area contributed by atoms with Crippen LogP contribution in [0.1, 0.15) is 45.2 Å². The minimum atomic E-state index is -3.34. The Hall–Kier alpha value is -0.910. The molecule has 0 aliphatic carbocycles. The third-order valence-electron chi connectivity index (χ3n) is 4.08. The number of rotatable bonds is 6. The van der Waals surface area contributed by atoms with Crippen LogP contribution in [-0.2, 0) is 10.0 Å². The van der Waals surface area contributed by atoms with Crippen molar-refractivity contribution in [2.75, 3.05) is 19.6 Å². The van der Waals surface area contributed by atoms with Gasteiger partial charge in [0.1, 0.15) is 0 Å². The fourth-order valence-electron chi connectivity index (χ4n) is 2.68. The summed E-state index contributed by atoms with van der Waals surface area (Å²) < 4.78 is 27.0. The second-order valence-corrected chi connectivity index (χ2v) is 7.94. The van der Waals surface area contributed by atoms with Crippen molar-refractivity contribution < 1.29 is 8.42 Å². The molecule has 1 N–H and O–H groups in total. The molecule has 0 amide bonds. The van der Waals surface area contributed by atoms with Gasteiger partial charge in [0.25, 0.3) is 0 Å². The Labute approximate surface area is 128 Å². The van der Waals surface area contributed by atoms with E-state index in [9.17, 15) is 8.42 Å². The summed E-state index contributed by atoms with van der Waals surface area (Å²) in [6.07, 6.45) is 2.02.